The molecule has 1 aromatic heterocycles. The van der Waals surface area contributed by atoms with Crippen molar-refractivity contribution >= 4 is 28.6 Å². The lowest BCUT2D eigenvalue weighted by Gasteiger charge is -2.46. The molecule has 1 saturated carbocycles. The number of guanidine groups is 2. The monoisotopic (exact) mass is 402 g/mol. The van der Waals surface area contributed by atoms with Crippen molar-refractivity contribution in [1.82, 2.24) is 15.0 Å². The van der Waals surface area contributed by atoms with Crippen molar-refractivity contribution in [3.05, 3.63) is 47.5 Å². The Morgan fingerprint density at radius 1 is 0.900 bits per heavy atom. The lowest BCUT2D eigenvalue weighted by atomic mass is 9.87. The Kier molecular flexibility index (Phi) is 4.23. The lowest BCUT2D eigenvalue weighted by Crippen LogP contribution is -2.58. The fourth-order valence-corrected chi connectivity index (χ4v) is 4.56. The first-order chi connectivity index (χ1) is 14.4. The number of benzene rings is 2. The van der Waals surface area contributed by atoms with E-state index in [1.807, 2.05) is 24.3 Å². The normalized spacial score (nSPS) is 18.5. The number of hydrogen-bond acceptors (Lipinski definition) is 7. The lowest BCUT2D eigenvalue weighted by molar-refractivity contribution is 0.305. The van der Waals surface area contributed by atoms with E-state index in [4.69, 9.17) is 21.6 Å². The molecular formula is C22H26N8. The molecule has 30 heavy (non-hydrogen) atoms. The highest BCUT2D eigenvalue weighted by atomic mass is 15.5. The maximum atomic E-state index is 6.40. The zero-order valence-corrected chi connectivity index (χ0v) is 17.3. The van der Waals surface area contributed by atoms with Crippen molar-refractivity contribution in [2.24, 2.45) is 21.5 Å². The number of nitrogens with zero attached hydrogens (tertiary/aromatic N) is 6. The maximum absolute atomic E-state index is 6.40. The molecule has 1 aliphatic heterocycles. The highest BCUT2D eigenvalue weighted by Gasteiger charge is 2.43. The van der Waals surface area contributed by atoms with Crippen LogP contribution in [0, 0.1) is 13.8 Å². The van der Waals surface area contributed by atoms with E-state index >= 15 is 0 Å². The Bertz CT molecular complexity index is 1170. The van der Waals surface area contributed by atoms with Gasteiger partial charge in [0.2, 0.25) is 11.9 Å². The zero-order chi connectivity index (χ0) is 20.9. The van der Waals surface area contributed by atoms with Crippen LogP contribution < -0.4 is 16.4 Å². The van der Waals surface area contributed by atoms with Gasteiger partial charge in [-0.15, -0.1) is 10.2 Å². The van der Waals surface area contributed by atoms with E-state index < -0.39 is 5.66 Å². The van der Waals surface area contributed by atoms with E-state index in [1.54, 1.807) is 4.80 Å². The summed E-state index contributed by atoms with van der Waals surface area (Å²) in [5, 5.41) is 9.39. The molecule has 0 bridgehead atoms. The number of aliphatic imine (C=N–C) groups is 2. The van der Waals surface area contributed by atoms with Crippen LogP contribution >= 0.6 is 0 Å². The van der Waals surface area contributed by atoms with Gasteiger partial charge in [-0.05, 0) is 69.4 Å². The zero-order valence-electron chi connectivity index (χ0n) is 17.3. The van der Waals surface area contributed by atoms with Crippen LogP contribution in [0.4, 0.5) is 5.69 Å². The average Bonchev–Trinajstić information content (AvgIpc) is 3.11. The summed E-state index contributed by atoms with van der Waals surface area (Å²) in [6.07, 6.45) is 5.18. The minimum absolute atomic E-state index is 0.259. The predicted octanol–water partition coefficient (Wildman–Crippen LogP) is 3.15. The molecule has 2 aromatic carbocycles. The van der Waals surface area contributed by atoms with Crippen LogP contribution in [0.15, 0.2) is 46.4 Å². The molecule has 0 atom stereocenters. The first-order valence-corrected chi connectivity index (χ1v) is 10.4. The van der Waals surface area contributed by atoms with Crippen molar-refractivity contribution in [2.45, 2.75) is 51.6 Å². The number of rotatable bonds is 2. The number of aryl methyl sites for hydroxylation is 2. The molecule has 1 aliphatic carbocycles. The van der Waals surface area contributed by atoms with Crippen molar-refractivity contribution < 1.29 is 0 Å². The van der Waals surface area contributed by atoms with E-state index in [-0.39, 0.29) is 5.96 Å². The van der Waals surface area contributed by atoms with Gasteiger partial charge in [0.25, 0.3) is 0 Å². The summed E-state index contributed by atoms with van der Waals surface area (Å²) in [5.74, 6) is 0.646. The van der Waals surface area contributed by atoms with Gasteiger partial charge in [0.05, 0.1) is 11.4 Å². The second kappa shape index (κ2) is 6.83. The minimum atomic E-state index is -0.473. The predicted molar refractivity (Wildman–Crippen MR) is 120 cm³/mol. The highest BCUT2D eigenvalue weighted by Crippen LogP contribution is 2.41. The summed E-state index contributed by atoms with van der Waals surface area (Å²) in [6, 6.07) is 12.2. The van der Waals surface area contributed by atoms with Crippen LogP contribution in [0.3, 0.4) is 0 Å². The van der Waals surface area contributed by atoms with Crippen molar-refractivity contribution in [3.8, 4) is 5.69 Å². The minimum Gasteiger partial charge on any atom is -0.369 e. The second-order valence-corrected chi connectivity index (χ2v) is 8.27. The fourth-order valence-electron chi connectivity index (χ4n) is 4.56. The molecule has 5 rings (SSSR count). The molecule has 0 saturated heterocycles. The second-order valence-electron chi connectivity index (χ2n) is 8.27. The van der Waals surface area contributed by atoms with Gasteiger partial charge in [0.15, 0.2) is 0 Å². The Labute approximate surface area is 175 Å². The van der Waals surface area contributed by atoms with Gasteiger partial charge >= 0.3 is 0 Å². The van der Waals surface area contributed by atoms with E-state index in [0.29, 0.717) is 5.96 Å². The summed E-state index contributed by atoms with van der Waals surface area (Å²) in [6.45, 7) is 4.12. The molecule has 0 radical (unpaired) electrons. The summed E-state index contributed by atoms with van der Waals surface area (Å²) in [7, 11) is 0. The molecule has 8 heteroatoms. The molecule has 1 spiro atoms. The largest absolute Gasteiger partial charge is 0.369 e. The summed E-state index contributed by atoms with van der Waals surface area (Å²) < 4.78 is 0. The third-order valence-corrected chi connectivity index (χ3v) is 6.06. The topological polar surface area (TPSA) is 111 Å². The van der Waals surface area contributed by atoms with Gasteiger partial charge in [-0.2, -0.15) is 9.79 Å². The Balaban J connectivity index is 1.62. The molecule has 0 unspecified atom stereocenters. The molecule has 4 N–H and O–H groups in total. The number of anilines is 1. The highest BCUT2D eigenvalue weighted by molar-refractivity contribution is 6.06. The molecular weight excluding hydrogens is 376 g/mol. The quantitative estimate of drug-likeness (QED) is 0.684. The maximum Gasteiger partial charge on any atom is 0.220 e. The Hall–Kier alpha value is -3.42. The van der Waals surface area contributed by atoms with E-state index in [0.717, 1.165) is 53.7 Å². The molecule has 8 nitrogen and oxygen atoms in total. The van der Waals surface area contributed by atoms with Crippen LogP contribution in [0.2, 0.25) is 0 Å². The SMILES string of the molecule is Cc1ccc(-n2nc3cc(C)c(N4C(N)=NC(N)=NC45CCCCC5)cc3n2)cc1. The van der Waals surface area contributed by atoms with E-state index in [1.165, 1.54) is 12.0 Å². The summed E-state index contributed by atoms with van der Waals surface area (Å²) in [5.41, 5.74) is 17.7. The Morgan fingerprint density at radius 3 is 2.27 bits per heavy atom. The molecule has 2 heterocycles. The van der Waals surface area contributed by atoms with Crippen molar-refractivity contribution in [2.75, 3.05) is 4.90 Å². The molecule has 154 valence electrons. The molecule has 1 fully saturated rings. The number of fused-ring (bicyclic) bond motifs is 1. The smallest absolute Gasteiger partial charge is 0.220 e. The van der Waals surface area contributed by atoms with E-state index in [2.05, 4.69) is 41.0 Å². The molecule has 2 aliphatic rings. The van der Waals surface area contributed by atoms with Crippen LogP contribution in [-0.2, 0) is 0 Å². The van der Waals surface area contributed by atoms with Crippen LogP contribution in [-0.4, -0.2) is 32.6 Å². The summed E-state index contributed by atoms with van der Waals surface area (Å²) >= 11 is 0. The first kappa shape index (κ1) is 18.6. The van der Waals surface area contributed by atoms with Gasteiger partial charge in [0.1, 0.15) is 16.7 Å². The standard InChI is InChI=1S/C22H26N8/c1-14-6-8-16(9-7-14)30-27-17-12-15(2)19(13-18(17)28-30)29-21(24)25-20(23)26-22(29)10-4-3-5-11-22/h6-9,12-13H,3-5,10-11H2,1-2H3,(H4,23,24,25,26). The van der Waals surface area contributed by atoms with Crippen LogP contribution in [0.1, 0.15) is 43.2 Å². The van der Waals surface area contributed by atoms with Gasteiger partial charge < -0.3 is 11.5 Å². The van der Waals surface area contributed by atoms with Gasteiger partial charge in [-0.1, -0.05) is 24.1 Å². The van der Waals surface area contributed by atoms with Crippen LogP contribution in [0.25, 0.3) is 16.7 Å². The number of aromatic nitrogens is 3. The molecule has 3 aromatic rings. The third kappa shape index (κ3) is 2.99. The molecule has 0 amide bonds. The van der Waals surface area contributed by atoms with Gasteiger partial charge in [-0.25, -0.2) is 4.99 Å². The van der Waals surface area contributed by atoms with Crippen LogP contribution in [0.5, 0.6) is 0 Å². The average molecular weight is 403 g/mol. The van der Waals surface area contributed by atoms with Gasteiger partial charge in [0, 0.05) is 0 Å². The third-order valence-electron chi connectivity index (χ3n) is 6.06. The summed E-state index contributed by atoms with van der Waals surface area (Å²) in [4.78, 5) is 12.8. The van der Waals surface area contributed by atoms with Crippen molar-refractivity contribution in [1.29, 1.82) is 0 Å². The number of nitrogens with two attached hydrogens (primary N) is 2. The van der Waals surface area contributed by atoms with Gasteiger partial charge in [-0.3, -0.25) is 4.90 Å². The van der Waals surface area contributed by atoms with Crippen molar-refractivity contribution in [3.63, 3.8) is 0 Å². The number of hydrogen-bond donors (Lipinski definition) is 2. The Morgan fingerprint density at radius 2 is 1.57 bits per heavy atom. The fraction of sp³-hybridized carbons (Fsp3) is 0.364. The first-order valence-electron chi connectivity index (χ1n) is 10.4. The van der Waals surface area contributed by atoms with E-state index in [9.17, 15) is 0 Å².